The van der Waals surface area contributed by atoms with Gasteiger partial charge in [0.2, 0.25) is 0 Å². The van der Waals surface area contributed by atoms with Crippen LogP contribution in [0.25, 0.3) is 0 Å². The molecule has 38 valence electrons. The maximum Gasteiger partial charge on any atom is 0.101 e. The highest BCUT2D eigenvalue weighted by Gasteiger charge is 2.09. The topological polar surface area (TPSA) is 24.7 Å². The SMILES string of the molecule is C1=NC2=CCC=C2N=1. The van der Waals surface area contributed by atoms with E-state index in [-0.39, 0.29) is 0 Å². The molecule has 2 heteroatoms. The lowest BCUT2D eigenvalue weighted by Gasteiger charge is -1.80. The van der Waals surface area contributed by atoms with Crippen LogP contribution in [0.15, 0.2) is 33.5 Å². The number of allylic oxidation sites excluding steroid dienone is 2. The van der Waals surface area contributed by atoms with Crippen LogP contribution in [0.3, 0.4) is 0 Å². The molecule has 0 atom stereocenters. The Hall–Kier alpha value is -1.14. The van der Waals surface area contributed by atoms with Crippen molar-refractivity contribution in [3.63, 3.8) is 0 Å². The monoisotopic (exact) mass is 104 g/mol. The number of hydrogen-bond acceptors (Lipinski definition) is 2. The van der Waals surface area contributed by atoms with Crippen LogP contribution in [0.2, 0.25) is 0 Å². The average Bonchev–Trinajstić information content (AvgIpc) is 2.15. The molecule has 0 N–H and O–H groups in total. The molecule has 0 aromatic rings. The van der Waals surface area contributed by atoms with E-state index in [9.17, 15) is 0 Å². The zero-order valence-corrected chi connectivity index (χ0v) is 4.26. The first-order valence-corrected chi connectivity index (χ1v) is 2.54. The fourth-order valence-corrected chi connectivity index (χ4v) is 0.830. The lowest BCUT2D eigenvalue weighted by Crippen LogP contribution is -1.66. The van der Waals surface area contributed by atoms with Crippen LogP contribution in [-0.2, 0) is 0 Å². The average molecular weight is 104 g/mol. The van der Waals surface area contributed by atoms with E-state index in [1.165, 1.54) is 0 Å². The number of hydrogen-bond donors (Lipinski definition) is 0. The van der Waals surface area contributed by atoms with Gasteiger partial charge >= 0.3 is 0 Å². The highest BCUT2D eigenvalue weighted by Crippen LogP contribution is 2.22. The Morgan fingerprint density at radius 1 is 1.25 bits per heavy atom. The lowest BCUT2D eigenvalue weighted by atomic mass is 10.4. The van der Waals surface area contributed by atoms with Crippen molar-refractivity contribution < 1.29 is 0 Å². The van der Waals surface area contributed by atoms with E-state index in [0.29, 0.717) is 0 Å². The van der Waals surface area contributed by atoms with Crippen molar-refractivity contribution in [2.45, 2.75) is 6.42 Å². The van der Waals surface area contributed by atoms with Crippen LogP contribution in [0.4, 0.5) is 0 Å². The summed E-state index contributed by atoms with van der Waals surface area (Å²) in [5.74, 6) is 0. The Balaban J connectivity index is 2.59. The fourth-order valence-electron chi connectivity index (χ4n) is 0.830. The van der Waals surface area contributed by atoms with Gasteiger partial charge < -0.3 is 0 Å². The number of fused-ring (bicyclic) bond motifs is 1. The van der Waals surface area contributed by atoms with Gasteiger partial charge in [-0.15, -0.1) is 0 Å². The van der Waals surface area contributed by atoms with Gasteiger partial charge in [0.05, 0.1) is 11.4 Å². The van der Waals surface area contributed by atoms with E-state index in [1.54, 1.807) is 0 Å². The molecule has 2 nitrogen and oxygen atoms in total. The van der Waals surface area contributed by atoms with Gasteiger partial charge in [0.25, 0.3) is 0 Å². The molecule has 0 spiro atoms. The summed E-state index contributed by atoms with van der Waals surface area (Å²) in [4.78, 5) is 7.75. The van der Waals surface area contributed by atoms with Gasteiger partial charge in [-0.3, -0.25) is 0 Å². The zero-order chi connectivity index (χ0) is 5.40. The highest BCUT2D eigenvalue weighted by molar-refractivity contribution is 5.58. The summed E-state index contributed by atoms with van der Waals surface area (Å²) in [5, 5.41) is 0. The smallest absolute Gasteiger partial charge is 0.101 e. The molecule has 8 heavy (non-hydrogen) atoms. The standard InChI is InChI=1S/C6H4N2/c1-2-5-6(3-1)8-4-7-5/h2-3H,1H2. The second kappa shape index (κ2) is 1.17. The summed E-state index contributed by atoms with van der Waals surface area (Å²) in [7, 11) is 0. The van der Waals surface area contributed by atoms with Crippen molar-refractivity contribution in [3.05, 3.63) is 23.5 Å². The molecule has 0 aromatic heterocycles. The molecule has 2 aliphatic rings. The van der Waals surface area contributed by atoms with Crippen molar-refractivity contribution in [3.8, 4) is 0 Å². The predicted molar refractivity (Wildman–Crippen MR) is 30.6 cm³/mol. The molecular formula is C6H4N2. The molecule has 0 aromatic carbocycles. The van der Waals surface area contributed by atoms with E-state index in [4.69, 9.17) is 0 Å². The Labute approximate surface area is 47.0 Å². The predicted octanol–water partition coefficient (Wildman–Crippen LogP) is 1.35. The van der Waals surface area contributed by atoms with Crippen molar-refractivity contribution in [1.29, 1.82) is 0 Å². The van der Waals surface area contributed by atoms with Crippen LogP contribution in [0, 0.1) is 0 Å². The normalized spacial score (nSPS) is 21.0. The Morgan fingerprint density at radius 2 is 1.88 bits per heavy atom. The van der Waals surface area contributed by atoms with E-state index in [2.05, 4.69) is 16.0 Å². The summed E-state index contributed by atoms with van der Waals surface area (Å²) in [6, 6.07) is 2.54. The van der Waals surface area contributed by atoms with Crippen molar-refractivity contribution in [2.24, 2.45) is 9.98 Å². The molecule has 0 unspecified atom stereocenters. The molecule has 0 fully saturated rings. The third-order valence-electron chi connectivity index (χ3n) is 1.23. The van der Waals surface area contributed by atoms with Gasteiger partial charge in [-0.05, 0) is 6.42 Å². The second-order valence-corrected chi connectivity index (χ2v) is 1.74. The molecule has 0 amide bonds. The maximum atomic E-state index is 3.87. The minimum Gasteiger partial charge on any atom is -0.186 e. The highest BCUT2D eigenvalue weighted by atomic mass is 14.9. The lowest BCUT2D eigenvalue weighted by molar-refractivity contribution is 1.35. The fraction of sp³-hybridized carbons (Fsp3) is 0.167. The number of nitrogens with zero attached hydrogens (tertiary/aromatic N) is 2. The summed E-state index contributed by atoms with van der Waals surface area (Å²) >= 11 is 0. The van der Waals surface area contributed by atoms with Crippen LogP contribution >= 0.6 is 0 Å². The molecule has 2 rings (SSSR count). The summed E-state index contributed by atoms with van der Waals surface area (Å²) in [5.41, 5.74) is 1.98. The molecule has 0 bridgehead atoms. The summed E-state index contributed by atoms with van der Waals surface area (Å²) < 4.78 is 0. The van der Waals surface area contributed by atoms with Crippen LogP contribution in [0.5, 0.6) is 0 Å². The first kappa shape index (κ1) is 3.81. The maximum absolute atomic E-state index is 3.87. The Morgan fingerprint density at radius 3 is 2.50 bits per heavy atom. The van der Waals surface area contributed by atoms with Crippen LogP contribution in [0.1, 0.15) is 6.42 Å². The van der Waals surface area contributed by atoms with Gasteiger partial charge in [-0.25, -0.2) is 0 Å². The first-order chi connectivity index (χ1) is 3.97. The second-order valence-electron chi connectivity index (χ2n) is 1.74. The van der Waals surface area contributed by atoms with E-state index >= 15 is 0 Å². The molecule has 1 heterocycles. The van der Waals surface area contributed by atoms with Crippen LogP contribution < -0.4 is 0 Å². The number of rotatable bonds is 0. The molecular weight excluding hydrogens is 100 g/mol. The van der Waals surface area contributed by atoms with Gasteiger partial charge in [-0.2, -0.15) is 9.98 Å². The quantitative estimate of drug-likeness (QED) is 0.443. The van der Waals surface area contributed by atoms with Crippen molar-refractivity contribution in [1.82, 2.24) is 0 Å². The largest absolute Gasteiger partial charge is 0.186 e. The van der Waals surface area contributed by atoms with Gasteiger partial charge in [0.15, 0.2) is 0 Å². The molecule has 0 saturated carbocycles. The Kier molecular flexibility index (Phi) is 0.559. The van der Waals surface area contributed by atoms with E-state index in [1.807, 2.05) is 12.2 Å². The minimum absolute atomic E-state index is 0.985. The molecule has 1 aliphatic heterocycles. The Bertz CT molecular complexity index is 217. The van der Waals surface area contributed by atoms with Crippen molar-refractivity contribution >= 4 is 6.01 Å². The number of aliphatic imine (C=N–C) groups is 2. The van der Waals surface area contributed by atoms with E-state index < -0.39 is 0 Å². The first-order valence-electron chi connectivity index (χ1n) is 2.54. The minimum atomic E-state index is 0.985. The third-order valence-corrected chi connectivity index (χ3v) is 1.23. The van der Waals surface area contributed by atoms with Crippen LogP contribution in [-0.4, -0.2) is 6.01 Å². The van der Waals surface area contributed by atoms with Crippen molar-refractivity contribution in [2.75, 3.05) is 0 Å². The van der Waals surface area contributed by atoms with Gasteiger partial charge in [0.1, 0.15) is 6.01 Å². The zero-order valence-electron chi connectivity index (χ0n) is 4.26. The molecule has 0 saturated heterocycles. The van der Waals surface area contributed by atoms with Gasteiger partial charge in [0, 0.05) is 0 Å². The third kappa shape index (κ3) is 0.328. The van der Waals surface area contributed by atoms with Gasteiger partial charge in [-0.1, -0.05) is 12.2 Å². The molecule has 0 radical (unpaired) electrons. The summed E-state index contributed by atoms with van der Waals surface area (Å²) in [6.07, 6.45) is 5.07. The summed E-state index contributed by atoms with van der Waals surface area (Å²) in [6.45, 7) is 0. The molecule has 1 aliphatic carbocycles. The van der Waals surface area contributed by atoms with E-state index in [0.717, 1.165) is 17.8 Å².